The highest BCUT2D eigenvalue weighted by Gasteiger charge is 2.28. The molecule has 3 N–H and O–H groups in total. The zero-order chi connectivity index (χ0) is 44.3. The number of aliphatic hydroxyl groups is 1. The van der Waals surface area contributed by atoms with Gasteiger partial charge in [-0.05, 0) is 38.5 Å². The molecule has 0 saturated heterocycles. The molecule has 3 unspecified atom stereocenters. The van der Waals surface area contributed by atoms with Gasteiger partial charge in [0.1, 0.15) is 13.2 Å². The van der Waals surface area contributed by atoms with Crippen LogP contribution in [0.15, 0.2) is 12.2 Å². The van der Waals surface area contributed by atoms with E-state index >= 15 is 0 Å². The number of carbonyl (C=O) groups is 1. The third-order valence-electron chi connectivity index (χ3n) is 12.0. The number of nitrogens with one attached hydrogen (secondary N) is 1. The molecule has 9 heteroatoms. The number of phosphoric acid groups is 1. The maximum atomic E-state index is 12.9. The summed E-state index contributed by atoms with van der Waals surface area (Å²) in [5, 5.41) is 14.0. The molecule has 0 rings (SSSR count). The fraction of sp³-hybridized carbons (Fsp3) is 0.941. The van der Waals surface area contributed by atoms with Crippen molar-refractivity contribution in [2.45, 2.75) is 270 Å². The average Bonchev–Trinajstić information content (AvgIpc) is 3.20. The van der Waals surface area contributed by atoms with Crippen LogP contribution in [0.25, 0.3) is 0 Å². The zero-order valence-electron chi connectivity index (χ0n) is 40.7. The van der Waals surface area contributed by atoms with Crippen molar-refractivity contribution in [3.63, 3.8) is 0 Å². The highest BCUT2D eigenvalue weighted by Crippen LogP contribution is 2.43. The quantitative estimate of drug-likeness (QED) is 0.0243. The van der Waals surface area contributed by atoms with Gasteiger partial charge in [0.15, 0.2) is 0 Å². The number of nitrogens with zero attached hydrogens (tertiary/aromatic N) is 1. The molecule has 0 radical (unpaired) electrons. The van der Waals surface area contributed by atoms with E-state index in [9.17, 15) is 19.4 Å². The zero-order valence-corrected chi connectivity index (χ0v) is 41.6. The van der Waals surface area contributed by atoms with E-state index < -0.39 is 20.0 Å². The van der Waals surface area contributed by atoms with Crippen molar-refractivity contribution in [2.24, 2.45) is 0 Å². The lowest BCUT2D eigenvalue weighted by molar-refractivity contribution is -0.870. The Hall–Kier alpha value is -0.760. The van der Waals surface area contributed by atoms with Crippen molar-refractivity contribution in [1.82, 2.24) is 5.32 Å². The molecule has 0 spiro atoms. The van der Waals surface area contributed by atoms with Gasteiger partial charge in [0, 0.05) is 6.42 Å². The average molecular weight is 872 g/mol. The molecule has 0 aromatic carbocycles. The maximum Gasteiger partial charge on any atom is 0.472 e. The Labute approximate surface area is 373 Å². The molecular weight excluding hydrogens is 768 g/mol. The summed E-state index contributed by atoms with van der Waals surface area (Å²) in [5.41, 5.74) is 0. The van der Waals surface area contributed by atoms with E-state index in [0.29, 0.717) is 23.9 Å². The number of hydrogen-bond acceptors (Lipinski definition) is 5. The number of hydrogen-bond donors (Lipinski definition) is 3. The monoisotopic (exact) mass is 872 g/mol. The first-order valence-electron chi connectivity index (χ1n) is 26.1. The van der Waals surface area contributed by atoms with Crippen molar-refractivity contribution in [1.29, 1.82) is 0 Å². The molecular formula is C51H104N2O6P+. The van der Waals surface area contributed by atoms with Gasteiger partial charge < -0.3 is 19.8 Å². The Morgan fingerprint density at radius 3 is 1.28 bits per heavy atom. The van der Waals surface area contributed by atoms with Gasteiger partial charge in [-0.1, -0.05) is 225 Å². The van der Waals surface area contributed by atoms with Gasteiger partial charge in [-0.3, -0.25) is 13.8 Å². The van der Waals surface area contributed by atoms with Crippen LogP contribution in [0.4, 0.5) is 0 Å². The number of carbonyl (C=O) groups excluding carboxylic acids is 1. The van der Waals surface area contributed by atoms with Crippen molar-refractivity contribution >= 4 is 13.7 Å². The first-order chi connectivity index (χ1) is 29.0. The third-order valence-corrected chi connectivity index (χ3v) is 13.0. The smallest absolute Gasteiger partial charge is 0.391 e. The second-order valence-corrected chi connectivity index (χ2v) is 20.7. The molecule has 358 valence electrons. The molecule has 3 atom stereocenters. The number of likely N-dealkylation sites (N-methyl/N-ethyl adjacent to an activating group) is 1. The highest BCUT2D eigenvalue weighted by atomic mass is 31.2. The van der Waals surface area contributed by atoms with Crippen LogP contribution in [-0.4, -0.2) is 73.4 Å². The Balaban J connectivity index is 4.22. The van der Waals surface area contributed by atoms with Crippen LogP contribution in [0.3, 0.4) is 0 Å². The van der Waals surface area contributed by atoms with E-state index in [1.807, 2.05) is 21.1 Å². The summed E-state index contributed by atoms with van der Waals surface area (Å²) in [6.45, 7) is 4.92. The Kier molecular flexibility index (Phi) is 42.9. The molecule has 0 fully saturated rings. The normalized spacial score (nSPS) is 14.2. The standard InChI is InChI=1S/C51H103N2O6P/c1-6-8-10-12-14-16-18-20-22-24-25-26-27-28-29-31-33-35-37-39-41-43-45-51(55)52-49(48-59-60(56,57)58-47-46-53(3,4)5)50(54)44-42-40-38-36-34-32-30-23-21-19-17-15-13-11-9-7-2/h27-28,49-50,54H,6-26,29-48H2,1-5H3,(H-,52,55,56,57)/p+1/b28-27-. The predicted molar refractivity (Wildman–Crippen MR) is 259 cm³/mol. The second-order valence-electron chi connectivity index (χ2n) is 19.3. The minimum atomic E-state index is -4.32. The topological polar surface area (TPSA) is 105 Å². The number of unbranched alkanes of at least 4 members (excludes halogenated alkanes) is 33. The first-order valence-corrected chi connectivity index (χ1v) is 27.5. The number of quaternary nitrogens is 1. The van der Waals surface area contributed by atoms with Gasteiger partial charge in [-0.25, -0.2) is 4.57 Å². The van der Waals surface area contributed by atoms with Gasteiger partial charge in [0.2, 0.25) is 5.91 Å². The van der Waals surface area contributed by atoms with Crippen LogP contribution < -0.4 is 5.32 Å². The number of allylic oxidation sites excluding steroid dienone is 2. The Morgan fingerprint density at radius 1 is 0.550 bits per heavy atom. The summed E-state index contributed by atoms with van der Waals surface area (Å²) in [6, 6.07) is -0.759. The van der Waals surface area contributed by atoms with Crippen LogP contribution in [0, 0.1) is 0 Å². The fourth-order valence-corrected chi connectivity index (χ4v) is 8.60. The van der Waals surface area contributed by atoms with Crippen molar-refractivity contribution in [2.75, 3.05) is 40.9 Å². The third kappa shape index (κ3) is 45.3. The van der Waals surface area contributed by atoms with Crippen LogP contribution >= 0.6 is 7.82 Å². The molecule has 0 bridgehead atoms. The lowest BCUT2D eigenvalue weighted by Crippen LogP contribution is -2.46. The first kappa shape index (κ1) is 59.2. The van der Waals surface area contributed by atoms with Crippen molar-refractivity contribution in [3.8, 4) is 0 Å². The number of amides is 1. The summed E-state index contributed by atoms with van der Waals surface area (Å²) in [6.07, 6.45) is 51.0. The predicted octanol–water partition coefficient (Wildman–Crippen LogP) is 15.1. The van der Waals surface area contributed by atoms with E-state index in [-0.39, 0.29) is 19.1 Å². The Bertz CT molecular complexity index is 989. The molecule has 0 heterocycles. The summed E-state index contributed by atoms with van der Waals surface area (Å²) in [5.74, 6) is -0.145. The molecule has 0 aliphatic carbocycles. The van der Waals surface area contributed by atoms with E-state index in [4.69, 9.17) is 9.05 Å². The second kappa shape index (κ2) is 43.5. The van der Waals surface area contributed by atoms with Gasteiger partial charge >= 0.3 is 7.82 Å². The summed E-state index contributed by atoms with van der Waals surface area (Å²) >= 11 is 0. The molecule has 60 heavy (non-hydrogen) atoms. The molecule has 0 aliphatic heterocycles. The minimum Gasteiger partial charge on any atom is -0.391 e. The lowest BCUT2D eigenvalue weighted by atomic mass is 10.0. The van der Waals surface area contributed by atoms with E-state index in [0.717, 1.165) is 38.5 Å². The van der Waals surface area contributed by atoms with Gasteiger partial charge in [0.25, 0.3) is 0 Å². The maximum absolute atomic E-state index is 12.9. The molecule has 1 amide bonds. The van der Waals surface area contributed by atoms with Gasteiger partial charge in [0.05, 0.1) is 39.9 Å². The molecule has 0 aliphatic rings. The summed E-state index contributed by atoms with van der Waals surface area (Å²) < 4.78 is 23.7. The van der Waals surface area contributed by atoms with Gasteiger partial charge in [-0.15, -0.1) is 0 Å². The van der Waals surface area contributed by atoms with Crippen LogP contribution in [0.2, 0.25) is 0 Å². The van der Waals surface area contributed by atoms with Crippen molar-refractivity contribution in [3.05, 3.63) is 12.2 Å². The van der Waals surface area contributed by atoms with E-state index in [1.165, 1.54) is 193 Å². The largest absolute Gasteiger partial charge is 0.472 e. The minimum absolute atomic E-state index is 0.0760. The van der Waals surface area contributed by atoms with Crippen LogP contribution in [0.1, 0.15) is 258 Å². The molecule has 0 saturated carbocycles. The highest BCUT2D eigenvalue weighted by molar-refractivity contribution is 7.47. The van der Waals surface area contributed by atoms with Crippen molar-refractivity contribution < 1.29 is 32.9 Å². The number of rotatable bonds is 48. The lowest BCUT2D eigenvalue weighted by Gasteiger charge is -2.26. The summed E-state index contributed by atoms with van der Waals surface area (Å²) in [4.78, 5) is 23.2. The Morgan fingerprint density at radius 2 is 0.900 bits per heavy atom. The SMILES string of the molecule is CCCCCCCCCCCCC/C=C\CCCCCCCCCC(=O)NC(COP(=O)(O)OCC[N+](C)(C)C)C(O)CCCCCCCCCCCCCCCCCC. The van der Waals surface area contributed by atoms with Gasteiger partial charge in [-0.2, -0.15) is 0 Å². The van der Waals surface area contributed by atoms with Crippen LogP contribution in [-0.2, 0) is 18.4 Å². The number of aliphatic hydroxyl groups excluding tert-OH is 1. The van der Waals surface area contributed by atoms with Crippen LogP contribution in [0.5, 0.6) is 0 Å². The molecule has 8 nitrogen and oxygen atoms in total. The number of phosphoric ester groups is 1. The van der Waals surface area contributed by atoms with E-state index in [2.05, 4.69) is 31.3 Å². The molecule has 0 aromatic heterocycles. The van der Waals surface area contributed by atoms with E-state index in [1.54, 1.807) is 0 Å². The molecule has 0 aromatic rings. The fourth-order valence-electron chi connectivity index (χ4n) is 7.87. The summed E-state index contributed by atoms with van der Waals surface area (Å²) in [7, 11) is 1.62.